The van der Waals surface area contributed by atoms with Gasteiger partial charge in [-0.2, -0.15) is 5.26 Å². The van der Waals surface area contributed by atoms with Gasteiger partial charge in [0.2, 0.25) is 0 Å². The van der Waals surface area contributed by atoms with Crippen molar-refractivity contribution in [1.29, 1.82) is 5.26 Å². The monoisotopic (exact) mass is 224 g/mol. The van der Waals surface area contributed by atoms with Gasteiger partial charge in [-0.05, 0) is 39.3 Å². The predicted molar refractivity (Wildman–Crippen MR) is 65.1 cm³/mol. The highest BCUT2D eigenvalue weighted by atomic mass is 16.5. The molecule has 0 radical (unpaired) electrons. The Morgan fingerprint density at radius 2 is 2.00 bits per heavy atom. The number of unbranched alkanes of at least 4 members (excludes halogenated alkanes) is 1. The topological polar surface area (TPSA) is 36.3 Å². The summed E-state index contributed by atoms with van der Waals surface area (Å²) in [7, 11) is 0. The van der Waals surface area contributed by atoms with E-state index in [4.69, 9.17) is 10.00 Å². The molecule has 0 aromatic rings. The van der Waals surface area contributed by atoms with Crippen LogP contribution in [0.2, 0.25) is 0 Å². The van der Waals surface area contributed by atoms with Gasteiger partial charge in [0, 0.05) is 13.2 Å². The third-order valence-corrected chi connectivity index (χ3v) is 3.42. The minimum absolute atomic E-state index is 0.0838. The van der Waals surface area contributed by atoms with E-state index in [-0.39, 0.29) is 5.41 Å². The highest BCUT2D eigenvalue weighted by Gasteiger charge is 2.29. The number of hydrogen-bond donors (Lipinski definition) is 0. The third-order valence-electron chi connectivity index (χ3n) is 3.42. The number of nitrogens with zero attached hydrogens (tertiary/aromatic N) is 2. The SMILES string of the molecule is CCCCOCCN1CCC(C)(C#N)CC1. The Kier molecular flexibility index (Phi) is 5.79. The van der Waals surface area contributed by atoms with Gasteiger partial charge in [0.15, 0.2) is 0 Å². The lowest BCUT2D eigenvalue weighted by Crippen LogP contribution is -2.39. The number of rotatable bonds is 6. The number of ether oxygens (including phenoxy) is 1. The maximum atomic E-state index is 9.02. The lowest BCUT2D eigenvalue weighted by molar-refractivity contribution is 0.0801. The fourth-order valence-corrected chi connectivity index (χ4v) is 1.92. The third kappa shape index (κ3) is 4.51. The second-order valence-electron chi connectivity index (χ2n) is 4.98. The van der Waals surface area contributed by atoms with Crippen molar-refractivity contribution in [1.82, 2.24) is 4.90 Å². The van der Waals surface area contributed by atoms with E-state index in [1.54, 1.807) is 0 Å². The first kappa shape index (κ1) is 13.5. The lowest BCUT2D eigenvalue weighted by Gasteiger charge is -2.34. The second kappa shape index (κ2) is 6.88. The van der Waals surface area contributed by atoms with E-state index in [0.717, 1.165) is 52.1 Å². The molecule has 0 bridgehead atoms. The summed E-state index contributed by atoms with van der Waals surface area (Å²) in [5.74, 6) is 0. The summed E-state index contributed by atoms with van der Waals surface area (Å²) < 4.78 is 5.55. The maximum Gasteiger partial charge on any atom is 0.0687 e. The maximum absolute atomic E-state index is 9.02. The minimum atomic E-state index is -0.0838. The van der Waals surface area contributed by atoms with E-state index in [2.05, 4.69) is 24.8 Å². The molecule has 0 amide bonds. The van der Waals surface area contributed by atoms with Crippen LogP contribution in [0.15, 0.2) is 0 Å². The first-order valence-corrected chi connectivity index (χ1v) is 6.41. The van der Waals surface area contributed by atoms with E-state index < -0.39 is 0 Å². The molecule has 0 aromatic heterocycles. The molecule has 0 aliphatic carbocycles. The highest BCUT2D eigenvalue weighted by molar-refractivity contribution is 4.98. The van der Waals surface area contributed by atoms with Crippen molar-refractivity contribution in [3.63, 3.8) is 0 Å². The highest BCUT2D eigenvalue weighted by Crippen LogP contribution is 2.29. The van der Waals surface area contributed by atoms with Crippen molar-refractivity contribution in [2.75, 3.05) is 32.8 Å². The zero-order valence-corrected chi connectivity index (χ0v) is 10.7. The lowest BCUT2D eigenvalue weighted by atomic mass is 9.82. The zero-order valence-electron chi connectivity index (χ0n) is 10.7. The van der Waals surface area contributed by atoms with Crippen molar-refractivity contribution in [3.8, 4) is 6.07 Å². The van der Waals surface area contributed by atoms with Gasteiger partial charge in [0.05, 0.1) is 18.1 Å². The van der Waals surface area contributed by atoms with E-state index in [1.165, 1.54) is 6.42 Å². The van der Waals surface area contributed by atoms with Crippen LogP contribution in [-0.4, -0.2) is 37.7 Å². The first-order valence-electron chi connectivity index (χ1n) is 6.41. The fraction of sp³-hybridized carbons (Fsp3) is 0.923. The van der Waals surface area contributed by atoms with Crippen LogP contribution in [0.1, 0.15) is 39.5 Å². The van der Waals surface area contributed by atoms with Crippen LogP contribution in [0.4, 0.5) is 0 Å². The Bertz CT molecular complexity index is 227. The first-order chi connectivity index (χ1) is 7.70. The standard InChI is InChI=1S/C13H24N2O/c1-3-4-10-16-11-9-15-7-5-13(2,12-14)6-8-15/h3-11H2,1-2H3. The van der Waals surface area contributed by atoms with E-state index >= 15 is 0 Å². The molecule has 3 nitrogen and oxygen atoms in total. The average Bonchev–Trinajstić information content (AvgIpc) is 2.31. The molecule has 1 aliphatic rings. The Hall–Kier alpha value is -0.590. The molecule has 3 heteroatoms. The molecule has 0 aromatic carbocycles. The quantitative estimate of drug-likeness (QED) is 0.650. The molecule has 92 valence electrons. The van der Waals surface area contributed by atoms with Crippen molar-refractivity contribution in [3.05, 3.63) is 0 Å². The number of likely N-dealkylation sites (tertiary alicyclic amines) is 1. The van der Waals surface area contributed by atoms with Crippen LogP contribution < -0.4 is 0 Å². The van der Waals surface area contributed by atoms with E-state index in [1.807, 2.05) is 0 Å². The Morgan fingerprint density at radius 1 is 1.31 bits per heavy atom. The second-order valence-corrected chi connectivity index (χ2v) is 4.98. The summed E-state index contributed by atoms with van der Waals surface area (Å²) in [5, 5.41) is 9.02. The van der Waals surface area contributed by atoms with Gasteiger partial charge in [0.1, 0.15) is 0 Å². The van der Waals surface area contributed by atoms with Gasteiger partial charge in [-0.3, -0.25) is 0 Å². The Morgan fingerprint density at radius 3 is 2.56 bits per heavy atom. The van der Waals surface area contributed by atoms with Gasteiger partial charge >= 0.3 is 0 Å². The molecule has 0 N–H and O–H groups in total. The molecule has 0 unspecified atom stereocenters. The molecule has 1 rings (SSSR count). The summed E-state index contributed by atoms with van der Waals surface area (Å²) in [6.07, 6.45) is 4.35. The van der Waals surface area contributed by atoms with Gasteiger partial charge in [-0.25, -0.2) is 0 Å². The van der Waals surface area contributed by atoms with Crippen LogP contribution in [0.5, 0.6) is 0 Å². The number of hydrogen-bond acceptors (Lipinski definition) is 3. The molecule has 0 spiro atoms. The van der Waals surface area contributed by atoms with Gasteiger partial charge in [-0.1, -0.05) is 13.3 Å². The van der Waals surface area contributed by atoms with Gasteiger partial charge in [-0.15, -0.1) is 0 Å². The fourth-order valence-electron chi connectivity index (χ4n) is 1.92. The molecule has 1 saturated heterocycles. The van der Waals surface area contributed by atoms with Gasteiger partial charge in [0.25, 0.3) is 0 Å². The van der Waals surface area contributed by atoms with Crippen molar-refractivity contribution < 1.29 is 4.74 Å². The summed E-state index contributed by atoms with van der Waals surface area (Å²) in [5.41, 5.74) is -0.0838. The van der Waals surface area contributed by atoms with E-state index in [9.17, 15) is 0 Å². The smallest absolute Gasteiger partial charge is 0.0687 e. The summed E-state index contributed by atoms with van der Waals surface area (Å²) in [6, 6.07) is 2.43. The van der Waals surface area contributed by atoms with Crippen LogP contribution in [0.3, 0.4) is 0 Å². The predicted octanol–water partition coefficient (Wildman–Crippen LogP) is 2.43. The number of nitriles is 1. The van der Waals surface area contributed by atoms with Crippen LogP contribution in [0, 0.1) is 16.7 Å². The van der Waals surface area contributed by atoms with E-state index in [0.29, 0.717) is 0 Å². The Balaban J connectivity index is 2.07. The zero-order chi connectivity index (χ0) is 11.9. The van der Waals surface area contributed by atoms with Crippen LogP contribution >= 0.6 is 0 Å². The van der Waals surface area contributed by atoms with Crippen molar-refractivity contribution in [2.45, 2.75) is 39.5 Å². The molecule has 1 heterocycles. The summed E-state index contributed by atoms with van der Waals surface area (Å²) in [6.45, 7) is 9.08. The minimum Gasteiger partial charge on any atom is -0.380 e. The molecule has 1 aliphatic heterocycles. The molecule has 0 atom stereocenters. The van der Waals surface area contributed by atoms with Crippen LogP contribution in [0.25, 0.3) is 0 Å². The molecule has 0 saturated carbocycles. The molecule has 1 fully saturated rings. The van der Waals surface area contributed by atoms with Crippen molar-refractivity contribution >= 4 is 0 Å². The largest absolute Gasteiger partial charge is 0.380 e. The normalized spacial score (nSPS) is 20.6. The molecule has 16 heavy (non-hydrogen) atoms. The van der Waals surface area contributed by atoms with Crippen LogP contribution in [-0.2, 0) is 4.74 Å². The number of piperidine rings is 1. The summed E-state index contributed by atoms with van der Waals surface area (Å²) >= 11 is 0. The van der Waals surface area contributed by atoms with Gasteiger partial charge < -0.3 is 9.64 Å². The molecular weight excluding hydrogens is 200 g/mol. The average molecular weight is 224 g/mol. The Labute approximate surface area is 99.4 Å². The molecular formula is C13H24N2O. The van der Waals surface area contributed by atoms with Crippen molar-refractivity contribution in [2.24, 2.45) is 5.41 Å². The summed E-state index contributed by atoms with van der Waals surface area (Å²) in [4.78, 5) is 2.41.